The first kappa shape index (κ1) is 28.9. The molecular weight excluding hydrogens is 436 g/mol. The average Bonchev–Trinajstić information content (AvgIpc) is 3.48. The highest BCUT2D eigenvalue weighted by molar-refractivity contribution is 6.99. The summed E-state index contributed by atoms with van der Waals surface area (Å²) in [6.07, 6.45) is 0. The molecule has 0 aromatic carbocycles. The molecule has 0 spiro atoms. The highest BCUT2D eigenvalue weighted by Gasteiger charge is 2.16. The monoisotopic (exact) mass is 478 g/mol. The summed E-state index contributed by atoms with van der Waals surface area (Å²) in [6.45, 7) is 25.3. The Hall–Kier alpha value is -2.16. The van der Waals surface area contributed by atoms with Gasteiger partial charge in [-0.3, -0.25) is 0 Å². The van der Waals surface area contributed by atoms with E-state index in [1.54, 1.807) is 0 Å². The number of hydrogen-bond donors (Lipinski definition) is 0. The van der Waals surface area contributed by atoms with Crippen LogP contribution in [0.15, 0.2) is 9.26 Å². The summed E-state index contributed by atoms with van der Waals surface area (Å²) in [5.74, 6) is 2.62. The summed E-state index contributed by atoms with van der Waals surface area (Å²) >= 11 is 1.32. The van der Waals surface area contributed by atoms with Crippen LogP contribution in [0.25, 0.3) is 0 Å². The lowest BCUT2D eigenvalue weighted by Crippen LogP contribution is -1.96. The van der Waals surface area contributed by atoms with Gasteiger partial charge in [-0.05, 0) is 11.8 Å². The van der Waals surface area contributed by atoms with Crippen molar-refractivity contribution in [2.75, 3.05) is 0 Å². The van der Waals surface area contributed by atoms with Gasteiger partial charge in [-0.1, -0.05) is 104 Å². The van der Waals surface area contributed by atoms with Crippen molar-refractivity contribution in [1.29, 1.82) is 0 Å². The SMILES string of the molecule is CC(C)c1nonc1C(C)C.CC(C)c1nonc1C(C)C.CC(C)c1nsnc1C(C)C. The molecule has 8 nitrogen and oxygen atoms in total. The van der Waals surface area contributed by atoms with E-state index in [1.807, 2.05) is 0 Å². The molecule has 9 heteroatoms. The molecule has 0 N–H and O–H groups in total. The quantitative estimate of drug-likeness (QED) is 0.360. The molecule has 3 rings (SSSR count). The zero-order chi connectivity index (χ0) is 25.3. The van der Waals surface area contributed by atoms with Gasteiger partial charge in [-0.25, -0.2) is 9.26 Å². The molecule has 0 aliphatic heterocycles. The predicted octanol–water partition coefficient (Wildman–Crippen LogP) is 7.42. The predicted molar refractivity (Wildman–Crippen MR) is 133 cm³/mol. The Labute approximate surface area is 203 Å². The van der Waals surface area contributed by atoms with E-state index in [1.165, 1.54) is 23.1 Å². The lowest BCUT2D eigenvalue weighted by Gasteiger charge is -2.05. The van der Waals surface area contributed by atoms with Crippen LogP contribution in [0.4, 0.5) is 0 Å². The second-order valence-electron chi connectivity index (χ2n) is 10.0. The van der Waals surface area contributed by atoms with Crippen molar-refractivity contribution in [3.8, 4) is 0 Å². The third-order valence-electron chi connectivity index (χ3n) is 4.90. The van der Waals surface area contributed by atoms with Crippen LogP contribution in [-0.4, -0.2) is 29.4 Å². The van der Waals surface area contributed by atoms with Gasteiger partial charge in [0.2, 0.25) is 0 Å². The van der Waals surface area contributed by atoms with Crippen molar-refractivity contribution in [3.63, 3.8) is 0 Å². The van der Waals surface area contributed by atoms with E-state index < -0.39 is 0 Å². The van der Waals surface area contributed by atoms with Crippen molar-refractivity contribution in [2.24, 2.45) is 0 Å². The third kappa shape index (κ3) is 8.61. The third-order valence-corrected chi connectivity index (χ3v) is 5.46. The lowest BCUT2D eigenvalue weighted by atomic mass is 10.0. The molecule has 3 aromatic heterocycles. The van der Waals surface area contributed by atoms with Crippen LogP contribution in [0.1, 0.15) is 153 Å². The zero-order valence-electron chi connectivity index (χ0n) is 22.4. The van der Waals surface area contributed by atoms with Crippen molar-refractivity contribution in [3.05, 3.63) is 34.2 Å². The van der Waals surface area contributed by atoms with E-state index in [-0.39, 0.29) is 0 Å². The van der Waals surface area contributed by atoms with E-state index in [0.717, 1.165) is 22.8 Å². The van der Waals surface area contributed by atoms with Gasteiger partial charge in [0.25, 0.3) is 0 Å². The standard InChI is InChI=1S/2C8H14N2O.C8H14N2S/c3*1-5(2)7-8(6(3)4)10-11-9-7/h3*5-6H,1-4H3. The number of hydrogen-bond acceptors (Lipinski definition) is 9. The Kier molecular flexibility index (Phi) is 11.8. The first-order valence-corrected chi connectivity index (χ1v) is 12.6. The largest absolute Gasteiger partial charge is 0.244 e. The van der Waals surface area contributed by atoms with Crippen molar-refractivity contribution < 1.29 is 9.26 Å². The first-order valence-electron chi connectivity index (χ1n) is 11.8. The molecule has 0 saturated heterocycles. The molecule has 0 bridgehead atoms. The Morgan fingerprint density at radius 3 is 0.788 bits per heavy atom. The van der Waals surface area contributed by atoms with Crippen LogP contribution in [0.2, 0.25) is 0 Å². The smallest absolute Gasteiger partial charge is 0.111 e. The van der Waals surface area contributed by atoms with Gasteiger partial charge in [0.05, 0.1) is 23.1 Å². The molecule has 0 unspecified atom stereocenters. The van der Waals surface area contributed by atoms with Gasteiger partial charge in [-0.2, -0.15) is 8.75 Å². The number of aromatic nitrogens is 6. The van der Waals surface area contributed by atoms with E-state index in [0.29, 0.717) is 35.5 Å². The lowest BCUT2D eigenvalue weighted by molar-refractivity contribution is 0.298. The van der Waals surface area contributed by atoms with Crippen LogP contribution in [0.5, 0.6) is 0 Å². The van der Waals surface area contributed by atoms with Gasteiger partial charge >= 0.3 is 0 Å². The molecule has 186 valence electrons. The molecular formula is C24H42N6O2S. The van der Waals surface area contributed by atoms with Gasteiger partial charge in [0.15, 0.2) is 0 Å². The van der Waals surface area contributed by atoms with Crippen molar-refractivity contribution >= 4 is 11.7 Å². The molecule has 0 radical (unpaired) electrons. The summed E-state index contributed by atoms with van der Waals surface area (Å²) in [4.78, 5) is 0. The molecule has 0 amide bonds. The summed E-state index contributed by atoms with van der Waals surface area (Å²) < 4.78 is 17.9. The van der Waals surface area contributed by atoms with Gasteiger partial charge < -0.3 is 0 Å². The zero-order valence-corrected chi connectivity index (χ0v) is 23.2. The van der Waals surface area contributed by atoms with E-state index in [4.69, 9.17) is 0 Å². The Balaban J connectivity index is 0.000000247. The maximum absolute atomic E-state index is 4.67. The highest BCUT2D eigenvalue weighted by Crippen LogP contribution is 2.24. The first-order chi connectivity index (χ1) is 15.4. The molecule has 0 aliphatic rings. The molecule has 0 aliphatic carbocycles. The van der Waals surface area contributed by atoms with E-state index in [2.05, 4.69) is 122 Å². The minimum absolute atomic E-state index is 0.402. The summed E-state index contributed by atoms with van der Waals surface area (Å²) in [5, 5.41) is 15.4. The fourth-order valence-electron chi connectivity index (χ4n) is 3.01. The Morgan fingerprint density at radius 1 is 0.394 bits per heavy atom. The van der Waals surface area contributed by atoms with Gasteiger partial charge in [-0.15, -0.1) is 0 Å². The van der Waals surface area contributed by atoms with Crippen LogP contribution in [-0.2, 0) is 0 Å². The van der Waals surface area contributed by atoms with Crippen molar-refractivity contribution in [2.45, 2.75) is 119 Å². The maximum Gasteiger partial charge on any atom is 0.111 e. The summed E-state index contributed by atoms with van der Waals surface area (Å²) in [5.41, 5.74) is 6.29. The minimum atomic E-state index is 0.402. The minimum Gasteiger partial charge on any atom is -0.244 e. The van der Waals surface area contributed by atoms with Crippen LogP contribution < -0.4 is 0 Å². The van der Waals surface area contributed by atoms with Crippen molar-refractivity contribution in [1.82, 2.24) is 29.4 Å². The van der Waals surface area contributed by atoms with Crippen LogP contribution in [0, 0.1) is 0 Å². The fourth-order valence-corrected chi connectivity index (χ4v) is 3.84. The van der Waals surface area contributed by atoms with Crippen LogP contribution >= 0.6 is 11.7 Å². The molecule has 0 atom stereocenters. The normalized spacial score (nSPS) is 11.5. The number of rotatable bonds is 6. The van der Waals surface area contributed by atoms with E-state index in [9.17, 15) is 0 Å². The van der Waals surface area contributed by atoms with Crippen LogP contribution in [0.3, 0.4) is 0 Å². The van der Waals surface area contributed by atoms with Gasteiger partial charge in [0, 0.05) is 23.7 Å². The summed E-state index contributed by atoms with van der Waals surface area (Å²) in [6, 6.07) is 0. The molecule has 3 aromatic rings. The molecule has 3 heterocycles. The summed E-state index contributed by atoms with van der Waals surface area (Å²) in [7, 11) is 0. The second-order valence-corrected chi connectivity index (χ2v) is 10.6. The molecule has 0 fully saturated rings. The van der Waals surface area contributed by atoms with E-state index >= 15 is 0 Å². The topological polar surface area (TPSA) is 104 Å². The average molecular weight is 479 g/mol. The maximum atomic E-state index is 4.67. The highest BCUT2D eigenvalue weighted by atomic mass is 32.1. The Morgan fingerprint density at radius 2 is 0.606 bits per heavy atom. The molecule has 0 saturated carbocycles. The molecule has 33 heavy (non-hydrogen) atoms. The fraction of sp³-hybridized carbons (Fsp3) is 0.750. The van der Waals surface area contributed by atoms with Gasteiger partial charge in [0.1, 0.15) is 22.8 Å². The number of nitrogens with zero attached hydrogens (tertiary/aromatic N) is 6. The second kappa shape index (κ2) is 13.5. The Bertz CT molecular complexity index is 738.